The summed E-state index contributed by atoms with van der Waals surface area (Å²) in [5.74, 6) is -0.0916. The quantitative estimate of drug-likeness (QED) is 0.791. The Morgan fingerprint density at radius 1 is 1.31 bits per heavy atom. The van der Waals surface area contributed by atoms with E-state index in [2.05, 4.69) is 0 Å². The maximum Gasteiger partial charge on any atom is 0.153 e. The predicted octanol–water partition coefficient (Wildman–Crippen LogP) is 0.484. The van der Waals surface area contributed by atoms with Crippen LogP contribution >= 0.6 is 0 Å². The number of phenols is 1. The number of para-hydroxylation sites is 1. The third-order valence-corrected chi connectivity index (χ3v) is 4.68. The Bertz CT molecular complexity index is 494. The highest BCUT2D eigenvalue weighted by molar-refractivity contribution is 7.91. The molecule has 16 heavy (non-hydrogen) atoms. The van der Waals surface area contributed by atoms with Crippen molar-refractivity contribution in [2.24, 2.45) is 0 Å². The molecular formula is C11H14O4S. The number of phenolic OH excluding ortho intramolecular Hbond substituents is 1. The summed E-state index contributed by atoms with van der Waals surface area (Å²) in [6.45, 7) is 0. The molecule has 1 aromatic carbocycles. The van der Waals surface area contributed by atoms with E-state index >= 15 is 0 Å². The summed E-state index contributed by atoms with van der Waals surface area (Å²) < 4.78 is 22.6. The summed E-state index contributed by atoms with van der Waals surface area (Å²) in [5, 5.41) is 19.7. The van der Waals surface area contributed by atoms with Crippen LogP contribution < -0.4 is 0 Å². The van der Waals surface area contributed by atoms with Crippen molar-refractivity contribution in [1.82, 2.24) is 0 Å². The van der Waals surface area contributed by atoms with Crippen LogP contribution in [0.25, 0.3) is 0 Å². The number of benzene rings is 1. The van der Waals surface area contributed by atoms with Gasteiger partial charge in [0, 0.05) is 6.42 Å². The van der Waals surface area contributed by atoms with Crippen molar-refractivity contribution in [2.75, 3.05) is 11.5 Å². The molecule has 0 saturated carbocycles. The smallest absolute Gasteiger partial charge is 0.153 e. The third-order valence-electron chi connectivity index (χ3n) is 2.88. The molecule has 0 spiro atoms. The zero-order valence-corrected chi connectivity index (χ0v) is 9.57. The topological polar surface area (TPSA) is 74.6 Å². The van der Waals surface area contributed by atoms with Gasteiger partial charge in [0.05, 0.1) is 17.1 Å². The Kier molecular flexibility index (Phi) is 2.67. The van der Waals surface area contributed by atoms with E-state index in [1.54, 1.807) is 18.2 Å². The van der Waals surface area contributed by atoms with E-state index in [-0.39, 0.29) is 30.1 Å². The lowest BCUT2D eigenvalue weighted by atomic mass is 9.94. The molecule has 1 fully saturated rings. The van der Waals surface area contributed by atoms with Crippen molar-refractivity contribution >= 4 is 9.84 Å². The number of hydrogen-bond acceptors (Lipinski definition) is 4. The molecule has 1 heterocycles. The van der Waals surface area contributed by atoms with E-state index in [0.29, 0.717) is 5.56 Å². The van der Waals surface area contributed by atoms with Crippen molar-refractivity contribution in [3.63, 3.8) is 0 Å². The molecule has 1 atom stereocenters. The fraction of sp³-hybridized carbons (Fsp3) is 0.455. The highest BCUT2D eigenvalue weighted by Crippen LogP contribution is 2.30. The van der Waals surface area contributed by atoms with E-state index in [1.165, 1.54) is 6.07 Å². The molecule has 5 heteroatoms. The lowest BCUT2D eigenvalue weighted by Crippen LogP contribution is -2.32. The van der Waals surface area contributed by atoms with E-state index in [4.69, 9.17) is 0 Å². The Balaban J connectivity index is 2.20. The molecule has 1 aliphatic rings. The molecule has 2 rings (SSSR count). The van der Waals surface area contributed by atoms with Crippen LogP contribution in [0.1, 0.15) is 12.0 Å². The third kappa shape index (κ3) is 2.36. The molecule has 1 aromatic rings. The van der Waals surface area contributed by atoms with Crippen LogP contribution in [-0.2, 0) is 16.3 Å². The van der Waals surface area contributed by atoms with Gasteiger partial charge in [-0.05, 0) is 18.1 Å². The highest BCUT2D eigenvalue weighted by Gasteiger charge is 2.40. The second kappa shape index (κ2) is 3.75. The summed E-state index contributed by atoms with van der Waals surface area (Å²) in [6, 6.07) is 6.66. The van der Waals surface area contributed by atoms with E-state index in [1.807, 2.05) is 0 Å². The molecule has 0 amide bonds. The monoisotopic (exact) mass is 242 g/mol. The second-order valence-electron chi connectivity index (χ2n) is 4.37. The Hall–Kier alpha value is -1.07. The molecular weight excluding hydrogens is 228 g/mol. The first-order valence-electron chi connectivity index (χ1n) is 5.10. The molecule has 1 aliphatic heterocycles. The number of aromatic hydroxyl groups is 1. The highest BCUT2D eigenvalue weighted by atomic mass is 32.2. The molecule has 1 unspecified atom stereocenters. The first-order valence-corrected chi connectivity index (χ1v) is 6.92. The van der Waals surface area contributed by atoms with Gasteiger partial charge in [-0.2, -0.15) is 0 Å². The maximum atomic E-state index is 11.3. The van der Waals surface area contributed by atoms with Gasteiger partial charge < -0.3 is 10.2 Å². The van der Waals surface area contributed by atoms with Gasteiger partial charge in [0.15, 0.2) is 9.84 Å². The number of rotatable bonds is 2. The van der Waals surface area contributed by atoms with E-state index in [9.17, 15) is 18.6 Å². The zero-order valence-electron chi connectivity index (χ0n) is 8.76. The van der Waals surface area contributed by atoms with Crippen LogP contribution in [0.2, 0.25) is 0 Å². The first kappa shape index (κ1) is 11.4. The van der Waals surface area contributed by atoms with Gasteiger partial charge in [0.25, 0.3) is 0 Å². The zero-order chi connectivity index (χ0) is 11.8. The molecule has 0 aromatic heterocycles. The average molecular weight is 242 g/mol. The summed E-state index contributed by atoms with van der Waals surface area (Å²) in [7, 11) is -3.12. The Morgan fingerprint density at radius 3 is 2.56 bits per heavy atom. The van der Waals surface area contributed by atoms with Gasteiger partial charge in [-0.15, -0.1) is 0 Å². The maximum absolute atomic E-state index is 11.3. The van der Waals surface area contributed by atoms with Gasteiger partial charge in [-0.25, -0.2) is 8.42 Å². The van der Waals surface area contributed by atoms with Crippen LogP contribution in [0.4, 0.5) is 0 Å². The van der Waals surface area contributed by atoms with Gasteiger partial charge >= 0.3 is 0 Å². The number of hydrogen-bond donors (Lipinski definition) is 2. The van der Waals surface area contributed by atoms with Crippen LogP contribution in [0, 0.1) is 0 Å². The predicted molar refractivity (Wildman–Crippen MR) is 60.0 cm³/mol. The van der Waals surface area contributed by atoms with Crippen LogP contribution in [-0.4, -0.2) is 35.7 Å². The van der Waals surface area contributed by atoms with Gasteiger partial charge in [-0.3, -0.25) is 0 Å². The fourth-order valence-corrected chi connectivity index (χ4v) is 3.95. The second-order valence-corrected chi connectivity index (χ2v) is 6.56. The Morgan fingerprint density at radius 2 is 2.00 bits per heavy atom. The largest absolute Gasteiger partial charge is 0.508 e. The van der Waals surface area contributed by atoms with E-state index in [0.717, 1.165) is 0 Å². The average Bonchev–Trinajstić information content (AvgIpc) is 2.45. The minimum atomic E-state index is -3.12. The molecule has 0 bridgehead atoms. The SMILES string of the molecule is O=S1(=O)CCC(O)(Cc2ccccc2O)C1. The summed E-state index contributed by atoms with van der Waals surface area (Å²) in [6.07, 6.45) is 0.419. The van der Waals surface area contributed by atoms with Crippen molar-refractivity contribution in [3.05, 3.63) is 29.8 Å². The minimum Gasteiger partial charge on any atom is -0.508 e. The molecule has 1 saturated heterocycles. The Labute approximate surface area is 94.5 Å². The summed E-state index contributed by atoms with van der Waals surface area (Å²) in [4.78, 5) is 0. The van der Waals surface area contributed by atoms with E-state index < -0.39 is 15.4 Å². The summed E-state index contributed by atoms with van der Waals surface area (Å²) in [5.41, 5.74) is -0.639. The number of aliphatic hydroxyl groups is 1. The van der Waals surface area contributed by atoms with Gasteiger partial charge in [0.1, 0.15) is 5.75 Å². The first-order chi connectivity index (χ1) is 7.40. The molecule has 88 valence electrons. The van der Waals surface area contributed by atoms with Crippen LogP contribution in [0.5, 0.6) is 5.75 Å². The van der Waals surface area contributed by atoms with Crippen molar-refractivity contribution in [2.45, 2.75) is 18.4 Å². The molecule has 4 nitrogen and oxygen atoms in total. The molecule has 0 aliphatic carbocycles. The minimum absolute atomic E-state index is 0.0249. The van der Waals surface area contributed by atoms with Gasteiger partial charge in [-0.1, -0.05) is 18.2 Å². The summed E-state index contributed by atoms with van der Waals surface area (Å²) >= 11 is 0. The number of sulfone groups is 1. The normalized spacial score (nSPS) is 28.1. The lowest BCUT2D eigenvalue weighted by molar-refractivity contribution is 0.0675. The standard InChI is InChI=1S/C11H14O4S/c12-10-4-2-1-3-9(10)7-11(13)5-6-16(14,15)8-11/h1-4,12-13H,5-8H2. The molecule has 2 N–H and O–H groups in total. The van der Waals surface area contributed by atoms with Crippen molar-refractivity contribution in [1.29, 1.82) is 0 Å². The molecule has 0 radical (unpaired) electrons. The van der Waals surface area contributed by atoms with Crippen molar-refractivity contribution < 1.29 is 18.6 Å². The van der Waals surface area contributed by atoms with Gasteiger partial charge in [0.2, 0.25) is 0 Å². The van der Waals surface area contributed by atoms with Crippen molar-refractivity contribution in [3.8, 4) is 5.75 Å². The fourth-order valence-electron chi connectivity index (χ4n) is 2.05. The van der Waals surface area contributed by atoms with Crippen LogP contribution in [0.3, 0.4) is 0 Å². The lowest BCUT2D eigenvalue weighted by Gasteiger charge is -2.20. The van der Waals surface area contributed by atoms with Crippen LogP contribution in [0.15, 0.2) is 24.3 Å².